The zero-order valence-corrected chi connectivity index (χ0v) is 33.2. The minimum Gasteiger partial charge on any atom is -0.494 e. The minimum atomic E-state index is 0. The summed E-state index contributed by atoms with van der Waals surface area (Å²) in [5.41, 5.74) is 10.5. The van der Waals surface area contributed by atoms with E-state index in [0.717, 1.165) is 65.0 Å². The summed E-state index contributed by atoms with van der Waals surface area (Å²) in [5, 5.41) is 11.8. The van der Waals surface area contributed by atoms with E-state index in [1.165, 1.54) is 12.8 Å². The van der Waals surface area contributed by atoms with Crippen molar-refractivity contribution in [2.24, 2.45) is 14.1 Å². The van der Waals surface area contributed by atoms with Gasteiger partial charge in [-0.1, -0.05) is 7.43 Å². The Hall–Kier alpha value is -6.43. The third-order valence-corrected chi connectivity index (χ3v) is 10.7. The van der Waals surface area contributed by atoms with Gasteiger partial charge >= 0.3 is 0 Å². The van der Waals surface area contributed by atoms with Crippen molar-refractivity contribution in [3.8, 4) is 45.5 Å². The second kappa shape index (κ2) is 15.8. The van der Waals surface area contributed by atoms with Gasteiger partial charge in [0, 0.05) is 63.8 Å². The molecule has 18 nitrogen and oxygen atoms in total. The SMILES string of the molecule is C.CN1c2nc(Cl)ncc2OCC12CC2.COc1cc(N)cnc1-c1cnn(C)c1.COc1cc(Nc2ncc3c(n2)N(C)C2(CC2)CO3)cnc1-c1cnn(C)c1. The van der Waals surface area contributed by atoms with Gasteiger partial charge in [-0.25, -0.2) is 9.97 Å². The van der Waals surface area contributed by atoms with Crippen molar-refractivity contribution in [3.05, 3.63) is 67.0 Å². The molecule has 2 spiro atoms. The summed E-state index contributed by atoms with van der Waals surface area (Å²) in [7, 11) is 11.0. The number of hydrogen-bond acceptors (Lipinski definition) is 16. The highest BCUT2D eigenvalue weighted by Crippen LogP contribution is 2.49. The quantitative estimate of drug-likeness (QED) is 0.198. The zero-order chi connectivity index (χ0) is 39.9. The Morgan fingerprint density at radius 3 is 1.72 bits per heavy atom. The number of likely N-dealkylation sites (N-methyl/N-ethyl adjacent to an activating group) is 2. The number of aromatic nitrogens is 10. The summed E-state index contributed by atoms with van der Waals surface area (Å²) in [6.07, 6.45) is 18.6. The number of nitrogens with one attached hydrogen (secondary N) is 1. The number of methoxy groups -OCH3 is 2. The van der Waals surface area contributed by atoms with Gasteiger partial charge in [0.25, 0.3) is 0 Å². The first-order valence-electron chi connectivity index (χ1n) is 18.2. The number of ether oxygens (including phenoxy) is 4. The van der Waals surface area contributed by atoms with E-state index in [1.807, 2.05) is 39.6 Å². The van der Waals surface area contributed by atoms with Crippen molar-refractivity contribution in [1.82, 2.24) is 49.5 Å². The number of nitrogens with two attached hydrogens (primary N) is 1. The fourth-order valence-electron chi connectivity index (χ4n) is 6.70. The molecule has 2 aliphatic carbocycles. The van der Waals surface area contributed by atoms with Crippen molar-refractivity contribution in [2.45, 2.75) is 44.2 Å². The molecule has 2 aliphatic heterocycles. The van der Waals surface area contributed by atoms with E-state index in [2.05, 4.69) is 62.3 Å². The molecule has 0 bridgehead atoms. The van der Waals surface area contributed by atoms with Crippen LogP contribution in [0.4, 0.5) is 29.0 Å². The molecular formula is C39H47ClN14O4. The molecule has 2 saturated carbocycles. The molecular weight excluding hydrogens is 764 g/mol. The van der Waals surface area contributed by atoms with Gasteiger partial charge in [0.2, 0.25) is 11.2 Å². The van der Waals surface area contributed by atoms with Crippen LogP contribution in [0.25, 0.3) is 22.5 Å². The Kier molecular flexibility index (Phi) is 10.9. The predicted molar refractivity (Wildman–Crippen MR) is 221 cm³/mol. The van der Waals surface area contributed by atoms with Gasteiger partial charge in [-0.2, -0.15) is 20.2 Å². The van der Waals surface area contributed by atoms with Crippen LogP contribution in [0, 0.1) is 0 Å². The predicted octanol–water partition coefficient (Wildman–Crippen LogP) is 5.59. The van der Waals surface area contributed by atoms with Crippen molar-refractivity contribution in [2.75, 3.05) is 62.4 Å². The van der Waals surface area contributed by atoms with Crippen LogP contribution >= 0.6 is 11.6 Å². The molecule has 3 N–H and O–H groups in total. The maximum absolute atomic E-state index is 5.85. The van der Waals surface area contributed by atoms with Gasteiger partial charge < -0.3 is 39.8 Å². The molecule has 6 aromatic heterocycles. The molecule has 0 amide bonds. The third kappa shape index (κ3) is 7.91. The maximum Gasteiger partial charge on any atom is 0.229 e. The maximum atomic E-state index is 5.85. The molecule has 58 heavy (non-hydrogen) atoms. The summed E-state index contributed by atoms with van der Waals surface area (Å²) in [6.45, 7) is 1.44. The molecule has 8 heterocycles. The van der Waals surface area contributed by atoms with Gasteiger partial charge in [-0.3, -0.25) is 19.3 Å². The summed E-state index contributed by atoms with van der Waals surface area (Å²) < 4.78 is 25.6. The van der Waals surface area contributed by atoms with Crippen molar-refractivity contribution in [1.29, 1.82) is 0 Å². The van der Waals surface area contributed by atoms with Gasteiger partial charge in [0.1, 0.15) is 36.1 Å². The first-order valence-corrected chi connectivity index (χ1v) is 18.6. The van der Waals surface area contributed by atoms with E-state index in [-0.39, 0.29) is 23.8 Å². The van der Waals surface area contributed by atoms with Crippen LogP contribution in [-0.2, 0) is 14.1 Å². The summed E-state index contributed by atoms with van der Waals surface area (Å²) in [5.74, 6) is 4.87. The lowest BCUT2D eigenvalue weighted by Crippen LogP contribution is -2.43. The number of halogens is 1. The molecule has 19 heteroatoms. The van der Waals surface area contributed by atoms with Crippen LogP contribution < -0.4 is 39.8 Å². The number of nitrogen functional groups attached to an aromatic ring is 1. The summed E-state index contributed by atoms with van der Waals surface area (Å²) in [4.78, 5) is 30.3. The lowest BCUT2D eigenvalue weighted by molar-refractivity contribution is 0.252. The van der Waals surface area contributed by atoms with E-state index in [1.54, 1.807) is 66.8 Å². The number of pyridine rings is 2. The fraction of sp³-hybridized carbons (Fsp3) is 0.385. The number of anilines is 5. The van der Waals surface area contributed by atoms with Crippen molar-refractivity contribution >= 4 is 40.6 Å². The standard InChI is InChI=1S/C19H21N7O2.C10H12N4O.C9H10ClN3O.CH4/c1-25-10-12(7-22-25)16-14(27-3)6-13(8-20-16)23-18-21-9-15-17(24-18)26(2)19(4-5-19)11-28-15;1-14-6-7(4-13-14)10-9(15-2)3-8(11)5-12-10;1-13-7-6(4-11-8(10)12-7)14-5-9(13)2-3-9;/h6-10H,4-5,11H2,1-3H3,(H,21,23,24);3-6H,11H2,1-2H3;4H,2-3,5H2,1H3;1H4. The number of hydrogen-bond donors (Lipinski definition) is 2. The van der Waals surface area contributed by atoms with Crippen LogP contribution in [-0.4, -0.2) is 102 Å². The van der Waals surface area contributed by atoms with Crippen LogP contribution in [0.3, 0.4) is 0 Å². The Balaban J connectivity index is 0.000000144. The summed E-state index contributed by atoms with van der Waals surface area (Å²) in [6, 6.07) is 3.62. The lowest BCUT2D eigenvalue weighted by atomic mass is 10.2. The first-order chi connectivity index (χ1) is 27.5. The van der Waals surface area contributed by atoms with Gasteiger partial charge in [-0.05, 0) is 37.3 Å². The van der Waals surface area contributed by atoms with Crippen LogP contribution in [0.15, 0.2) is 61.7 Å². The Bertz CT molecular complexity index is 2410. The minimum absolute atomic E-state index is 0. The highest BCUT2D eigenvalue weighted by atomic mass is 35.5. The first kappa shape index (κ1) is 39.8. The smallest absolute Gasteiger partial charge is 0.229 e. The van der Waals surface area contributed by atoms with Gasteiger partial charge in [-0.15, -0.1) is 0 Å². The number of fused-ring (bicyclic) bond motifs is 2. The van der Waals surface area contributed by atoms with E-state index < -0.39 is 0 Å². The fourth-order valence-corrected chi connectivity index (χ4v) is 6.82. The van der Waals surface area contributed by atoms with Crippen molar-refractivity contribution in [3.63, 3.8) is 0 Å². The average Bonchev–Trinajstić information content (AvgIpc) is 4.09. The second-order valence-corrected chi connectivity index (χ2v) is 14.7. The molecule has 0 atom stereocenters. The van der Waals surface area contributed by atoms with E-state index >= 15 is 0 Å². The van der Waals surface area contributed by atoms with Crippen LogP contribution in [0.2, 0.25) is 5.28 Å². The van der Waals surface area contributed by atoms with Crippen molar-refractivity contribution < 1.29 is 18.9 Å². The van der Waals surface area contributed by atoms with E-state index in [4.69, 9.17) is 36.3 Å². The number of nitrogens with zero attached hydrogens (tertiary/aromatic N) is 12. The molecule has 2 fully saturated rings. The highest BCUT2D eigenvalue weighted by molar-refractivity contribution is 6.28. The third-order valence-electron chi connectivity index (χ3n) is 10.5. The van der Waals surface area contributed by atoms with Gasteiger partial charge in [0.15, 0.2) is 23.1 Å². The average molecular weight is 811 g/mol. The normalized spacial score (nSPS) is 15.8. The van der Waals surface area contributed by atoms with E-state index in [9.17, 15) is 0 Å². The largest absolute Gasteiger partial charge is 0.494 e. The van der Waals surface area contributed by atoms with Crippen LogP contribution in [0.1, 0.15) is 33.1 Å². The molecule has 10 rings (SSSR count). The Morgan fingerprint density at radius 2 is 1.21 bits per heavy atom. The topological polar surface area (TPSA) is 194 Å². The Labute approximate surface area is 341 Å². The van der Waals surface area contributed by atoms with Gasteiger partial charge in [0.05, 0.1) is 73.9 Å². The molecule has 0 radical (unpaired) electrons. The molecule has 0 aromatic carbocycles. The lowest BCUT2D eigenvalue weighted by Gasteiger charge is -2.35. The number of rotatable bonds is 6. The monoisotopic (exact) mass is 810 g/mol. The zero-order valence-electron chi connectivity index (χ0n) is 32.5. The molecule has 304 valence electrons. The summed E-state index contributed by atoms with van der Waals surface area (Å²) >= 11 is 5.75. The van der Waals surface area contributed by atoms with Crippen LogP contribution in [0.5, 0.6) is 23.0 Å². The highest BCUT2D eigenvalue weighted by Gasteiger charge is 2.52. The molecule has 0 saturated heterocycles. The van der Waals surface area contributed by atoms with E-state index in [0.29, 0.717) is 35.5 Å². The molecule has 0 unspecified atom stereocenters. The second-order valence-electron chi connectivity index (χ2n) is 14.4. The number of aryl methyl sites for hydroxylation is 2. The molecule has 4 aliphatic rings. The molecule has 6 aromatic rings. The Morgan fingerprint density at radius 1 is 0.690 bits per heavy atom.